The van der Waals surface area contributed by atoms with E-state index in [-0.39, 0.29) is 22.7 Å². The van der Waals surface area contributed by atoms with Crippen LogP contribution in [0.4, 0.5) is 17.1 Å². The number of ether oxygens (including phenoxy) is 1. The summed E-state index contributed by atoms with van der Waals surface area (Å²) >= 11 is 0. The Morgan fingerprint density at radius 3 is 2.55 bits per heavy atom. The maximum Gasteiger partial charge on any atom is 0.293 e. The van der Waals surface area contributed by atoms with Gasteiger partial charge in [-0.25, -0.2) is 18.1 Å². The summed E-state index contributed by atoms with van der Waals surface area (Å²) in [5, 5.41) is 16.1. The van der Waals surface area contributed by atoms with Crippen molar-refractivity contribution >= 4 is 44.0 Å². The molecular formula is C45H58N8O6S. The van der Waals surface area contributed by atoms with E-state index in [0.29, 0.717) is 29.3 Å². The van der Waals surface area contributed by atoms with Gasteiger partial charge in [0.1, 0.15) is 22.8 Å². The molecule has 14 nitrogen and oxygen atoms in total. The third-order valence-electron chi connectivity index (χ3n) is 12.2. The van der Waals surface area contributed by atoms with Gasteiger partial charge >= 0.3 is 0 Å². The lowest BCUT2D eigenvalue weighted by Crippen LogP contribution is -2.47. The molecule has 0 spiro atoms. The summed E-state index contributed by atoms with van der Waals surface area (Å²) in [6.07, 6.45) is 10.8. The van der Waals surface area contributed by atoms with E-state index >= 15 is 0 Å². The Morgan fingerprint density at radius 1 is 1.05 bits per heavy atom. The molecule has 3 aliphatic rings. The van der Waals surface area contributed by atoms with Gasteiger partial charge in [-0.15, -0.1) is 6.58 Å². The number of nitro groups is 1. The molecule has 2 aromatic heterocycles. The molecule has 4 aromatic rings. The predicted octanol–water partition coefficient (Wildman–Crippen LogP) is 8.12. The molecule has 1 amide bonds. The number of piperazine rings is 1. The number of nitrogens with zero attached hydrogens (tertiary/aromatic N) is 5. The summed E-state index contributed by atoms with van der Waals surface area (Å²) in [5.74, 6) is -0.0723. The smallest absolute Gasteiger partial charge is 0.293 e. The molecule has 15 heteroatoms. The number of rotatable bonds is 15. The van der Waals surface area contributed by atoms with Crippen LogP contribution in [-0.4, -0.2) is 98.4 Å². The molecule has 2 aromatic carbocycles. The topological polar surface area (TPSA) is 166 Å². The van der Waals surface area contributed by atoms with Crippen LogP contribution >= 0.6 is 0 Å². The van der Waals surface area contributed by atoms with Crippen LogP contribution in [0.25, 0.3) is 11.0 Å². The highest BCUT2D eigenvalue weighted by Gasteiger charge is 2.30. The van der Waals surface area contributed by atoms with Gasteiger partial charge in [-0.1, -0.05) is 30.6 Å². The van der Waals surface area contributed by atoms with Crippen LogP contribution in [0.15, 0.2) is 89.1 Å². The fraction of sp³-hybridized carbons (Fsp3) is 0.467. The molecule has 0 atom stereocenters. The van der Waals surface area contributed by atoms with Crippen LogP contribution in [0.5, 0.6) is 11.5 Å². The Bertz CT molecular complexity index is 2380. The van der Waals surface area contributed by atoms with E-state index in [0.717, 1.165) is 101 Å². The lowest BCUT2D eigenvalue weighted by Gasteiger charge is -2.39. The van der Waals surface area contributed by atoms with Gasteiger partial charge in [-0.3, -0.25) is 19.8 Å². The minimum atomic E-state index is -4.53. The number of carbonyl (C=O) groups excluding carboxylic acids is 1. The van der Waals surface area contributed by atoms with Crippen molar-refractivity contribution in [2.24, 2.45) is 11.3 Å². The molecule has 4 heterocycles. The second kappa shape index (κ2) is 18.2. The number of aromatic amines is 1. The van der Waals surface area contributed by atoms with Crippen LogP contribution in [0.3, 0.4) is 0 Å². The van der Waals surface area contributed by atoms with Gasteiger partial charge in [0.15, 0.2) is 0 Å². The molecule has 2 fully saturated rings. The molecule has 0 saturated carbocycles. The van der Waals surface area contributed by atoms with Gasteiger partial charge in [-0.05, 0) is 120 Å². The van der Waals surface area contributed by atoms with E-state index in [9.17, 15) is 23.3 Å². The monoisotopic (exact) mass is 838 g/mol. The molecular weight excluding hydrogens is 781 g/mol. The number of hydrogen-bond acceptors (Lipinski definition) is 11. The first-order valence-electron chi connectivity index (χ1n) is 21.0. The largest absolute Gasteiger partial charge is 0.455 e. The van der Waals surface area contributed by atoms with E-state index in [1.807, 2.05) is 6.07 Å². The third kappa shape index (κ3) is 10.5. The lowest BCUT2D eigenvalue weighted by atomic mass is 9.73. The van der Waals surface area contributed by atoms with Crippen molar-refractivity contribution in [3.63, 3.8) is 0 Å². The number of allylic oxidation sites excluding steroid dienone is 2. The number of anilines is 2. The zero-order chi connectivity index (χ0) is 42.6. The Labute approximate surface area is 353 Å². The molecule has 1 aliphatic carbocycles. The average molecular weight is 839 g/mol. The van der Waals surface area contributed by atoms with Crippen LogP contribution in [-0.2, 0) is 10.0 Å². The fourth-order valence-electron chi connectivity index (χ4n) is 8.53. The first-order chi connectivity index (χ1) is 28.6. The van der Waals surface area contributed by atoms with Crippen molar-refractivity contribution in [1.82, 2.24) is 24.5 Å². The quantitative estimate of drug-likeness (QED) is 0.0601. The van der Waals surface area contributed by atoms with Crippen LogP contribution in [0.2, 0.25) is 0 Å². The van der Waals surface area contributed by atoms with Crippen LogP contribution in [0.1, 0.15) is 76.1 Å². The number of nitrogens with one attached hydrogen (secondary N) is 3. The Morgan fingerprint density at radius 2 is 1.82 bits per heavy atom. The SMILES string of the molecule is C=C(C)CCC1=C(CN2CCN(c3ccc(C(=O)NS(=O)(=O)c4ccc(NCC5CCN(C)CC5)c([N+](=O)[O-])c4)c(Oc4cnc5[nH]ccc5c4)c3)CC2)CCC(C)(C)C1. The summed E-state index contributed by atoms with van der Waals surface area (Å²) < 4.78 is 35.8. The number of aromatic nitrogens is 2. The Balaban J connectivity index is 1.08. The maximum absolute atomic E-state index is 13.9. The van der Waals surface area contributed by atoms with Gasteiger partial charge in [0, 0.05) is 68.7 Å². The van der Waals surface area contributed by atoms with Crippen LogP contribution in [0, 0.1) is 21.4 Å². The second-order valence-electron chi connectivity index (χ2n) is 17.6. The highest BCUT2D eigenvalue weighted by Crippen LogP contribution is 2.41. The number of carbonyl (C=O) groups is 1. The molecule has 60 heavy (non-hydrogen) atoms. The normalized spacial score (nSPS) is 18.1. The van der Waals surface area contributed by atoms with Crippen molar-refractivity contribution in [3.05, 3.63) is 99.9 Å². The number of sulfonamides is 1. The zero-order valence-electron chi connectivity index (χ0n) is 35.3. The van der Waals surface area contributed by atoms with Crippen molar-refractivity contribution in [3.8, 4) is 11.5 Å². The number of H-pyrrole nitrogens is 1. The van der Waals surface area contributed by atoms with Gasteiger partial charge in [0.05, 0.1) is 21.6 Å². The molecule has 320 valence electrons. The molecule has 0 radical (unpaired) electrons. The Hall–Kier alpha value is -5.25. The number of amides is 1. The first-order valence-corrected chi connectivity index (χ1v) is 22.5. The van der Waals surface area contributed by atoms with Gasteiger partial charge in [-0.2, -0.15) is 0 Å². The molecule has 7 rings (SSSR count). The number of nitro benzene ring substituents is 1. The van der Waals surface area contributed by atoms with Crippen molar-refractivity contribution in [2.45, 2.75) is 70.6 Å². The van der Waals surface area contributed by atoms with Crippen molar-refractivity contribution in [1.29, 1.82) is 0 Å². The van der Waals surface area contributed by atoms with Gasteiger partial charge in [0.25, 0.3) is 21.6 Å². The fourth-order valence-corrected chi connectivity index (χ4v) is 9.52. The molecule has 0 unspecified atom stereocenters. The second-order valence-corrected chi connectivity index (χ2v) is 19.3. The number of fused-ring (bicyclic) bond motifs is 1. The molecule has 3 N–H and O–H groups in total. The number of benzene rings is 2. The van der Waals surface area contributed by atoms with Gasteiger partial charge in [0.2, 0.25) is 0 Å². The number of pyridine rings is 1. The molecule has 2 saturated heterocycles. The van der Waals surface area contributed by atoms with Crippen molar-refractivity contribution in [2.75, 3.05) is 69.6 Å². The van der Waals surface area contributed by atoms with Gasteiger partial charge < -0.3 is 24.8 Å². The number of piperidine rings is 1. The maximum atomic E-state index is 13.9. The lowest BCUT2D eigenvalue weighted by molar-refractivity contribution is -0.384. The summed E-state index contributed by atoms with van der Waals surface area (Å²) in [5.41, 5.74) is 6.02. The molecule has 2 aliphatic heterocycles. The van der Waals surface area contributed by atoms with E-state index in [4.69, 9.17) is 4.74 Å². The summed E-state index contributed by atoms with van der Waals surface area (Å²) in [4.78, 5) is 39.5. The summed E-state index contributed by atoms with van der Waals surface area (Å²) in [7, 11) is -2.47. The van der Waals surface area contributed by atoms with E-state index in [1.165, 1.54) is 30.3 Å². The summed E-state index contributed by atoms with van der Waals surface area (Å²) in [6, 6.07) is 12.4. The highest BCUT2D eigenvalue weighted by molar-refractivity contribution is 7.90. The number of likely N-dealkylation sites (tertiary alicyclic amines) is 1. The van der Waals surface area contributed by atoms with Crippen LogP contribution < -0.4 is 19.7 Å². The van der Waals surface area contributed by atoms with E-state index in [1.54, 1.807) is 41.6 Å². The minimum absolute atomic E-state index is 0.0181. The number of hydrogen-bond donors (Lipinski definition) is 3. The zero-order valence-corrected chi connectivity index (χ0v) is 36.1. The summed E-state index contributed by atoms with van der Waals surface area (Å²) in [6.45, 7) is 17.6. The predicted molar refractivity (Wildman–Crippen MR) is 236 cm³/mol. The molecule has 0 bridgehead atoms. The van der Waals surface area contributed by atoms with Crippen molar-refractivity contribution < 1.29 is 22.9 Å². The highest BCUT2D eigenvalue weighted by atomic mass is 32.2. The van der Waals surface area contributed by atoms with E-state index < -0.39 is 25.7 Å². The third-order valence-corrected chi connectivity index (χ3v) is 13.6. The average Bonchev–Trinajstić information content (AvgIpc) is 3.69. The standard InChI is InChI=1S/C45H58N8O6S/c1-31(2)6-7-34-27-45(3,4)16-12-35(34)30-51-20-22-52(23-21-51)36-8-10-39(42(25-36)59-37-24-33-13-17-46-43(33)48-29-37)44(54)49-60(57,58)38-9-11-40(41(26-38)53(55)56)47-28-32-14-18-50(5)19-15-32/h8-11,13,17,24-26,29,32,47H,1,6-7,12,14-16,18-23,27-28,30H2,2-5H3,(H,46,48)(H,49,54). The minimum Gasteiger partial charge on any atom is -0.455 e. The Kier molecular flexibility index (Phi) is 13.0. The van der Waals surface area contributed by atoms with E-state index in [2.05, 4.69) is 69.1 Å². The first kappa shape index (κ1) is 42.9.